The zero-order valence-electron chi connectivity index (χ0n) is 11.3. The number of pyridine rings is 1. The van der Waals surface area contributed by atoms with Crippen molar-refractivity contribution < 1.29 is 10.0 Å². The van der Waals surface area contributed by atoms with E-state index in [9.17, 15) is 9.59 Å². The molecule has 0 aliphatic carbocycles. The van der Waals surface area contributed by atoms with Crippen molar-refractivity contribution in [3.63, 3.8) is 0 Å². The average molecular weight is 313 g/mol. The second-order valence-corrected chi connectivity index (χ2v) is 5.51. The monoisotopic (exact) mass is 313 g/mol. The highest BCUT2D eigenvalue weighted by atomic mass is 32.2. The van der Waals surface area contributed by atoms with Gasteiger partial charge in [0.25, 0.3) is 5.91 Å². The van der Waals surface area contributed by atoms with Crippen molar-refractivity contribution in [1.82, 2.24) is 10.0 Å². The molecule has 1 aliphatic rings. The van der Waals surface area contributed by atoms with E-state index in [1.165, 1.54) is 12.1 Å². The number of carbonyl (C=O) groups excluding carboxylic acids is 1. The number of hydroxylamine groups is 1. The lowest BCUT2D eigenvalue weighted by atomic mass is 10.2. The van der Waals surface area contributed by atoms with Crippen LogP contribution in [0.25, 0.3) is 11.8 Å². The molecule has 110 valence electrons. The first-order valence-corrected chi connectivity index (χ1v) is 7.19. The van der Waals surface area contributed by atoms with Gasteiger partial charge in [0.15, 0.2) is 10.6 Å². The van der Waals surface area contributed by atoms with Gasteiger partial charge in [-0.3, -0.25) is 14.8 Å². The topological polar surface area (TPSA) is 83.7 Å². The molecule has 0 saturated carbocycles. The zero-order chi connectivity index (χ0) is 15.5. The van der Waals surface area contributed by atoms with Crippen LogP contribution >= 0.6 is 11.8 Å². The minimum absolute atomic E-state index is 0.0392. The number of hydrogen-bond acceptors (Lipinski definition) is 5. The van der Waals surface area contributed by atoms with Crippen molar-refractivity contribution >= 4 is 28.9 Å². The van der Waals surface area contributed by atoms with E-state index in [-0.39, 0.29) is 16.5 Å². The average Bonchev–Trinajstić information content (AvgIpc) is 2.89. The lowest BCUT2D eigenvalue weighted by molar-refractivity contribution is -0.113. The van der Waals surface area contributed by atoms with Crippen LogP contribution in [0.3, 0.4) is 0 Å². The molecular formula is C15H11N3O3S. The Hall–Kier alpha value is -2.64. The Kier molecular flexibility index (Phi) is 3.90. The fourth-order valence-electron chi connectivity index (χ4n) is 1.94. The molecule has 0 bridgehead atoms. The fraction of sp³-hybridized carbons (Fsp3) is 0. The number of carbonyl (C=O) groups is 1. The summed E-state index contributed by atoms with van der Waals surface area (Å²) in [5.41, 5.74) is 3.58. The lowest BCUT2D eigenvalue weighted by Crippen LogP contribution is -2.12. The largest absolute Gasteiger partial charge is 0.324 e. The van der Waals surface area contributed by atoms with Crippen LogP contribution in [-0.2, 0) is 4.79 Å². The van der Waals surface area contributed by atoms with E-state index in [1.54, 1.807) is 18.5 Å². The number of thioether (sulfide) groups is 1. The maximum Gasteiger partial charge on any atom is 0.286 e. The third kappa shape index (κ3) is 3.00. The Bertz CT molecular complexity index is 817. The Labute approximate surface area is 129 Å². The van der Waals surface area contributed by atoms with Crippen LogP contribution in [0.15, 0.2) is 63.5 Å². The maximum atomic E-state index is 11.6. The van der Waals surface area contributed by atoms with Gasteiger partial charge in [-0.15, -0.1) is 0 Å². The van der Waals surface area contributed by atoms with Crippen LogP contribution < -0.4 is 10.9 Å². The second kappa shape index (κ2) is 6.00. The van der Waals surface area contributed by atoms with Gasteiger partial charge < -0.3 is 4.57 Å². The highest BCUT2D eigenvalue weighted by molar-refractivity contribution is 8.18. The molecule has 1 aromatic carbocycles. The van der Waals surface area contributed by atoms with Crippen LogP contribution in [0.4, 0.5) is 0 Å². The minimum atomic E-state index is -0.383. The third-order valence-corrected chi connectivity index (χ3v) is 3.89. The van der Waals surface area contributed by atoms with Gasteiger partial charge in [-0.2, -0.15) is 4.99 Å². The zero-order valence-corrected chi connectivity index (χ0v) is 12.1. The number of amidine groups is 1. The van der Waals surface area contributed by atoms with Crippen molar-refractivity contribution in [2.45, 2.75) is 0 Å². The highest BCUT2D eigenvalue weighted by Gasteiger charge is 2.21. The Morgan fingerprint density at radius 3 is 2.36 bits per heavy atom. The van der Waals surface area contributed by atoms with Gasteiger partial charge in [0.05, 0.1) is 4.91 Å². The molecule has 22 heavy (non-hydrogen) atoms. The Morgan fingerprint density at radius 2 is 1.77 bits per heavy atom. The molecule has 1 aromatic heterocycles. The van der Waals surface area contributed by atoms with Crippen molar-refractivity contribution in [1.29, 1.82) is 0 Å². The van der Waals surface area contributed by atoms with Crippen LogP contribution in [0.1, 0.15) is 5.56 Å². The Morgan fingerprint density at radius 1 is 1.09 bits per heavy atom. The number of benzene rings is 1. The van der Waals surface area contributed by atoms with E-state index in [2.05, 4.69) is 4.99 Å². The van der Waals surface area contributed by atoms with Gasteiger partial charge in [-0.25, -0.2) is 5.48 Å². The number of nitrogens with one attached hydrogen (secondary N) is 1. The SMILES string of the molecule is O=C1N=C(NO)SC1=Cc1ccc(-n2ccc(=O)cc2)cc1. The first-order chi connectivity index (χ1) is 10.7. The first-order valence-electron chi connectivity index (χ1n) is 6.37. The summed E-state index contributed by atoms with van der Waals surface area (Å²) in [6.45, 7) is 0. The molecule has 0 atom stereocenters. The molecule has 2 N–H and O–H groups in total. The molecule has 6 nitrogen and oxygen atoms in total. The number of rotatable bonds is 2. The summed E-state index contributed by atoms with van der Waals surface area (Å²) in [5, 5.41) is 8.91. The second-order valence-electron chi connectivity index (χ2n) is 4.48. The normalized spacial score (nSPS) is 16.0. The predicted molar refractivity (Wildman–Crippen MR) is 85.0 cm³/mol. The first kappa shape index (κ1) is 14.3. The number of nitrogens with zero attached hydrogens (tertiary/aromatic N) is 2. The van der Waals surface area contributed by atoms with E-state index < -0.39 is 0 Å². The predicted octanol–water partition coefficient (Wildman–Crippen LogP) is 1.79. The van der Waals surface area contributed by atoms with E-state index in [4.69, 9.17) is 5.21 Å². The molecule has 2 aromatic rings. The summed E-state index contributed by atoms with van der Waals surface area (Å²) < 4.78 is 1.82. The summed E-state index contributed by atoms with van der Waals surface area (Å²) >= 11 is 1.08. The van der Waals surface area contributed by atoms with Crippen molar-refractivity contribution in [2.75, 3.05) is 0 Å². The van der Waals surface area contributed by atoms with Gasteiger partial charge in [-0.05, 0) is 35.5 Å². The molecule has 2 heterocycles. The summed E-state index contributed by atoms with van der Waals surface area (Å²) in [6.07, 6.45) is 5.09. The molecule has 1 aliphatic heterocycles. The third-order valence-electron chi connectivity index (χ3n) is 3.00. The van der Waals surface area contributed by atoms with Gasteiger partial charge in [0.1, 0.15) is 0 Å². The van der Waals surface area contributed by atoms with Crippen LogP contribution in [0.2, 0.25) is 0 Å². The summed E-state index contributed by atoms with van der Waals surface area (Å²) in [7, 11) is 0. The molecule has 0 radical (unpaired) electrons. The van der Waals surface area contributed by atoms with E-state index in [1.807, 2.05) is 34.3 Å². The van der Waals surface area contributed by atoms with Gasteiger partial charge in [0.2, 0.25) is 0 Å². The van der Waals surface area contributed by atoms with Gasteiger partial charge in [0, 0.05) is 30.2 Å². The number of amides is 1. The molecular weight excluding hydrogens is 302 g/mol. The molecule has 0 fully saturated rings. The molecule has 0 spiro atoms. The Balaban J connectivity index is 1.82. The number of aromatic nitrogens is 1. The summed E-state index contributed by atoms with van der Waals surface area (Å²) in [6, 6.07) is 10.5. The molecule has 3 rings (SSSR count). The molecule has 0 unspecified atom stereocenters. The minimum Gasteiger partial charge on any atom is -0.324 e. The molecule has 7 heteroatoms. The lowest BCUT2D eigenvalue weighted by Gasteiger charge is -2.06. The van der Waals surface area contributed by atoms with E-state index in [0.717, 1.165) is 23.0 Å². The van der Waals surface area contributed by atoms with Crippen molar-refractivity contribution in [3.8, 4) is 5.69 Å². The summed E-state index contributed by atoms with van der Waals surface area (Å²) in [4.78, 5) is 26.8. The van der Waals surface area contributed by atoms with E-state index in [0.29, 0.717) is 4.91 Å². The smallest absolute Gasteiger partial charge is 0.286 e. The molecule has 1 amide bonds. The number of aliphatic imine (C=N–C) groups is 1. The maximum absolute atomic E-state index is 11.6. The van der Waals surface area contributed by atoms with Gasteiger partial charge in [-0.1, -0.05) is 12.1 Å². The molecule has 0 saturated heterocycles. The van der Waals surface area contributed by atoms with Gasteiger partial charge >= 0.3 is 0 Å². The van der Waals surface area contributed by atoms with Crippen molar-refractivity contribution in [3.05, 3.63) is 69.5 Å². The number of hydrogen-bond donors (Lipinski definition) is 2. The quantitative estimate of drug-likeness (QED) is 0.652. The van der Waals surface area contributed by atoms with Crippen molar-refractivity contribution in [2.24, 2.45) is 4.99 Å². The van der Waals surface area contributed by atoms with Crippen LogP contribution in [0.5, 0.6) is 0 Å². The fourth-order valence-corrected chi connectivity index (χ4v) is 2.65. The summed E-state index contributed by atoms with van der Waals surface area (Å²) in [5.74, 6) is -0.383. The van der Waals surface area contributed by atoms with Crippen LogP contribution in [-0.4, -0.2) is 20.8 Å². The van der Waals surface area contributed by atoms with Crippen LogP contribution in [0, 0.1) is 0 Å². The highest BCUT2D eigenvalue weighted by Crippen LogP contribution is 2.27. The van der Waals surface area contributed by atoms with E-state index >= 15 is 0 Å². The standard InChI is InChI=1S/C15H11N3O3S/c19-12-5-7-18(8-6-12)11-3-1-10(2-4-11)9-13-14(20)16-15(17-21)22-13/h1-9,21H,(H,16,17,20).